The van der Waals surface area contributed by atoms with Gasteiger partial charge in [0.1, 0.15) is 18.0 Å². The van der Waals surface area contributed by atoms with E-state index in [0.717, 1.165) is 17.7 Å². The molecule has 1 N–H and O–H groups in total. The second-order valence-corrected chi connectivity index (χ2v) is 6.71. The quantitative estimate of drug-likeness (QED) is 0.658. The third kappa shape index (κ3) is 3.68. The minimum absolute atomic E-state index is 0.0191. The molecule has 0 aliphatic carbocycles. The molecule has 0 atom stereocenters. The van der Waals surface area contributed by atoms with Crippen LogP contribution in [0, 0.1) is 5.82 Å². The van der Waals surface area contributed by atoms with Gasteiger partial charge in [0.15, 0.2) is 0 Å². The summed E-state index contributed by atoms with van der Waals surface area (Å²) in [6.45, 7) is 0.464. The van der Waals surface area contributed by atoms with Gasteiger partial charge in [-0.15, -0.1) is 0 Å². The van der Waals surface area contributed by atoms with Gasteiger partial charge in [0.25, 0.3) is 5.91 Å². The van der Waals surface area contributed by atoms with E-state index in [4.69, 9.17) is 0 Å². The summed E-state index contributed by atoms with van der Waals surface area (Å²) in [4.78, 5) is 26.0. The number of alkyl halides is 3. The normalized spacial score (nSPS) is 13.6. The van der Waals surface area contributed by atoms with Crippen LogP contribution in [0.5, 0.6) is 0 Å². The highest BCUT2D eigenvalue weighted by Gasteiger charge is 2.32. The average Bonchev–Trinajstić information content (AvgIpc) is 2.72. The summed E-state index contributed by atoms with van der Waals surface area (Å²) in [5, 5.41) is 2.76. The van der Waals surface area contributed by atoms with Crippen molar-refractivity contribution >= 4 is 17.4 Å². The van der Waals surface area contributed by atoms with E-state index in [0.29, 0.717) is 36.0 Å². The Morgan fingerprint density at radius 3 is 2.67 bits per heavy atom. The Bertz CT molecular complexity index is 1130. The van der Waals surface area contributed by atoms with Crippen molar-refractivity contribution in [3.63, 3.8) is 0 Å². The molecule has 1 amide bonds. The van der Waals surface area contributed by atoms with E-state index < -0.39 is 17.6 Å². The molecular weight excluding hydrogens is 402 g/mol. The number of aromatic nitrogens is 3. The van der Waals surface area contributed by atoms with Crippen molar-refractivity contribution in [2.75, 3.05) is 18.5 Å². The maximum Gasteiger partial charge on any atom is 0.416 e. The summed E-state index contributed by atoms with van der Waals surface area (Å²) in [5.41, 5.74) is 1.02. The van der Waals surface area contributed by atoms with E-state index in [2.05, 4.69) is 20.3 Å². The van der Waals surface area contributed by atoms with Gasteiger partial charge in [0, 0.05) is 37.1 Å². The number of nitrogens with one attached hydrogen (secondary N) is 1. The molecule has 4 rings (SSSR count). The molecular formula is C20H15F4N5O. The highest BCUT2D eigenvalue weighted by Crippen LogP contribution is 2.34. The Morgan fingerprint density at radius 1 is 1.10 bits per heavy atom. The molecule has 0 bridgehead atoms. The third-order valence-corrected chi connectivity index (χ3v) is 4.80. The lowest BCUT2D eigenvalue weighted by Gasteiger charge is -2.21. The zero-order valence-corrected chi connectivity index (χ0v) is 15.7. The fourth-order valence-electron chi connectivity index (χ4n) is 3.30. The molecule has 1 aliphatic heterocycles. The first-order chi connectivity index (χ1) is 14.2. The molecule has 6 nitrogen and oxygen atoms in total. The molecule has 0 spiro atoms. The number of carbonyl (C=O) groups is 1. The first-order valence-electron chi connectivity index (χ1n) is 8.94. The Kier molecular flexibility index (Phi) is 4.84. The van der Waals surface area contributed by atoms with Gasteiger partial charge < -0.3 is 10.2 Å². The van der Waals surface area contributed by atoms with Gasteiger partial charge in [-0.1, -0.05) is 0 Å². The summed E-state index contributed by atoms with van der Waals surface area (Å²) >= 11 is 0. The van der Waals surface area contributed by atoms with Crippen LogP contribution >= 0.6 is 0 Å². The summed E-state index contributed by atoms with van der Waals surface area (Å²) in [5.74, 6) is -0.963. The van der Waals surface area contributed by atoms with Crippen LogP contribution in [-0.2, 0) is 12.6 Å². The molecule has 154 valence electrons. The van der Waals surface area contributed by atoms with Crippen LogP contribution in [0.4, 0.5) is 29.1 Å². The Morgan fingerprint density at radius 2 is 1.90 bits per heavy atom. The molecule has 0 radical (unpaired) electrons. The summed E-state index contributed by atoms with van der Waals surface area (Å²) in [7, 11) is 1.47. The van der Waals surface area contributed by atoms with E-state index in [9.17, 15) is 22.4 Å². The van der Waals surface area contributed by atoms with Crippen molar-refractivity contribution in [1.29, 1.82) is 0 Å². The van der Waals surface area contributed by atoms with Crippen LogP contribution in [0.1, 0.15) is 21.5 Å². The number of nitrogens with zero attached hydrogens (tertiary/aromatic N) is 4. The zero-order valence-electron chi connectivity index (χ0n) is 15.7. The zero-order chi connectivity index (χ0) is 21.5. The van der Waals surface area contributed by atoms with Crippen LogP contribution in [0.25, 0.3) is 11.4 Å². The van der Waals surface area contributed by atoms with Gasteiger partial charge in [-0.2, -0.15) is 13.2 Å². The molecule has 1 aromatic carbocycles. The van der Waals surface area contributed by atoms with Crippen molar-refractivity contribution in [3.8, 4) is 11.4 Å². The van der Waals surface area contributed by atoms with Crippen molar-refractivity contribution in [2.45, 2.75) is 12.6 Å². The maximum atomic E-state index is 13.8. The Labute approximate surface area is 168 Å². The monoisotopic (exact) mass is 417 g/mol. The van der Waals surface area contributed by atoms with Gasteiger partial charge in [0.05, 0.1) is 17.0 Å². The number of hydrogen-bond donors (Lipinski definition) is 1. The molecule has 10 heteroatoms. The van der Waals surface area contributed by atoms with Crippen molar-refractivity contribution in [2.24, 2.45) is 0 Å². The highest BCUT2D eigenvalue weighted by molar-refractivity contribution is 5.98. The van der Waals surface area contributed by atoms with Crippen LogP contribution in [0.3, 0.4) is 0 Å². The van der Waals surface area contributed by atoms with E-state index in [1.54, 1.807) is 6.07 Å². The number of fused-ring (bicyclic) bond motifs is 1. The first-order valence-corrected chi connectivity index (χ1v) is 8.94. The molecule has 30 heavy (non-hydrogen) atoms. The van der Waals surface area contributed by atoms with Gasteiger partial charge in [-0.05, 0) is 36.2 Å². The lowest BCUT2D eigenvalue weighted by Crippen LogP contribution is -2.32. The van der Waals surface area contributed by atoms with Crippen molar-refractivity contribution in [1.82, 2.24) is 20.3 Å². The minimum atomic E-state index is -4.68. The van der Waals surface area contributed by atoms with Gasteiger partial charge in [-0.3, -0.25) is 9.78 Å². The number of carbonyl (C=O) groups excluding carboxylic acids is 1. The Balaban J connectivity index is 1.74. The molecule has 0 fully saturated rings. The van der Waals surface area contributed by atoms with E-state index in [1.165, 1.54) is 30.5 Å². The largest absolute Gasteiger partial charge is 0.416 e. The number of amides is 1. The molecule has 2 aromatic heterocycles. The smallest absolute Gasteiger partial charge is 0.352 e. The molecule has 3 heterocycles. The topological polar surface area (TPSA) is 71.0 Å². The molecule has 0 unspecified atom stereocenters. The van der Waals surface area contributed by atoms with Crippen molar-refractivity contribution in [3.05, 3.63) is 65.4 Å². The number of pyridine rings is 1. The minimum Gasteiger partial charge on any atom is -0.352 e. The molecule has 3 aromatic rings. The van der Waals surface area contributed by atoms with Crippen LogP contribution < -0.4 is 10.2 Å². The first kappa shape index (κ1) is 19.7. The maximum absolute atomic E-state index is 13.8. The van der Waals surface area contributed by atoms with Crippen molar-refractivity contribution < 1.29 is 22.4 Å². The summed E-state index contributed by atoms with van der Waals surface area (Å²) in [6.07, 6.45) is -1.37. The number of hydrogen-bond acceptors (Lipinski definition) is 5. The average molecular weight is 417 g/mol. The number of anilines is 2. The van der Waals surface area contributed by atoms with Gasteiger partial charge in [0.2, 0.25) is 0 Å². The number of rotatable bonds is 3. The van der Waals surface area contributed by atoms with E-state index >= 15 is 0 Å². The lowest BCUT2D eigenvalue weighted by atomic mass is 9.98. The molecule has 0 saturated carbocycles. The van der Waals surface area contributed by atoms with Crippen LogP contribution in [0.2, 0.25) is 0 Å². The molecule has 0 saturated heterocycles. The molecule has 1 aliphatic rings. The SMILES string of the molecule is CN(c1cc(F)cc(C(F)(F)F)c1)c1cc(-c2nccc3c2CCNC3=O)ncn1. The van der Waals surface area contributed by atoms with Gasteiger partial charge in [-0.25, -0.2) is 14.4 Å². The predicted molar refractivity (Wildman–Crippen MR) is 101 cm³/mol. The lowest BCUT2D eigenvalue weighted by molar-refractivity contribution is -0.137. The fraction of sp³-hybridized carbons (Fsp3) is 0.200. The highest BCUT2D eigenvalue weighted by atomic mass is 19.4. The van der Waals surface area contributed by atoms with Crippen LogP contribution in [0.15, 0.2) is 42.9 Å². The van der Waals surface area contributed by atoms with Gasteiger partial charge >= 0.3 is 6.18 Å². The fourth-order valence-corrected chi connectivity index (χ4v) is 3.30. The van der Waals surface area contributed by atoms with E-state index in [1.807, 2.05) is 0 Å². The Hall–Kier alpha value is -3.56. The van der Waals surface area contributed by atoms with Crippen LogP contribution in [-0.4, -0.2) is 34.5 Å². The second kappa shape index (κ2) is 7.36. The standard InChI is InChI=1S/C20H15F4N5O/c1-29(13-7-11(20(22,23)24)6-12(21)8-13)17-9-16(27-10-28-17)18-14-2-5-26-19(30)15(14)3-4-25-18/h3-4,6-10H,2,5H2,1H3,(H,26,30). The summed E-state index contributed by atoms with van der Waals surface area (Å²) < 4.78 is 52.9. The summed E-state index contributed by atoms with van der Waals surface area (Å²) in [6, 6.07) is 5.43. The number of benzene rings is 1. The number of halogens is 4. The third-order valence-electron chi connectivity index (χ3n) is 4.80. The second-order valence-electron chi connectivity index (χ2n) is 6.71. The predicted octanol–water partition coefficient (Wildman–Crippen LogP) is 3.75. The van der Waals surface area contributed by atoms with E-state index in [-0.39, 0.29) is 17.4 Å².